The minimum absolute atomic E-state index is 0.148. The van der Waals surface area contributed by atoms with Crippen LogP contribution in [0.3, 0.4) is 0 Å². The third-order valence-electron chi connectivity index (χ3n) is 1.09. The van der Waals surface area contributed by atoms with E-state index in [9.17, 15) is 9.18 Å². The molecule has 0 fully saturated rings. The SMILES string of the molecule is CC.CN(C)C.O=Cc1ccc(F)cc1Cl. The molecule has 1 rings (SSSR count). The van der Waals surface area contributed by atoms with Crippen molar-refractivity contribution in [3.05, 3.63) is 34.6 Å². The third kappa shape index (κ3) is 9.62. The molecule has 0 bridgehead atoms. The lowest BCUT2D eigenvalue weighted by Gasteiger charge is -1.92. The van der Waals surface area contributed by atoms with E-state index in [-0.39, 0.29) is 5.02 Å². The number of benzene rings is 1. The van der Waals surface area contributed by atoms with Crippen molar-refractivity contribution in [2.45, 2.75) is 13.8 Å². The van der Waals surface area contributed by atoms with Crippen LogP contribution in [-0.2, 0) is 0 Å². The van der Waals surface area contributed by atoms with E-state index < -0.39 is 5.82 Å². The van der Waals surface area contributed by atoms with Gasteiger partial charge in [-0.2, -0.15) is 0 Å². The molecule has 0 amide bonds. The van der Waals surface area contributed by atoms with Crippen molar-refractivity contribution in [2.75, 3.05) is 21.1 Å². The van der Waals surface area contributed by atoms with E-state index >= 15 is 0 Å². The van der Waals surface area contributed by atoms with Gasteiger partial charge < -0.3 is 4.90 Å². The van der Waals surface area contributed by atoms with Gasteiger partial charge in [-0.3, -0.25) is 4.79 Å². The largest absolute Gasteiger partial charge is 0.312 e. The van der Waals surface area contributed by atoms with Crippen LogP contribution < -0.4 is 0 Å². The fourth-order valence-corrected chi connectivity index (χ4v) is 0.809. The fraction of sp³-hybridized carbons (Fsp3) is 0.417. The minimum atomic E-state index is -0.435. The van der Waals surface area contributed by atoms with E-state index in [1.54, 1.807) is 0 Å². The molecule has 0 aromatic heterocycles. The summed E-state index contributed by atoms with van der Waals surface area (Å²) >= 11 is 5.46. The summed E-state index contributed by atoms with van der Waals surface area (Å²) in [5, 5.41) is 0.148. The second-order valence-electron chi connectivity index (χ2n) is 3.13. The van der Waals surface area contributed by atoms with E-state index in [0.717, 1.165) is 6.07 Å². The molecule has 92 valence electrons. The zero-order chi connectivity index (χ0) is 13.1. The van der Waals surface area contributed by atoms with Gasteiger partial charge in [0, 0.05) is 5.56 Å². The zero-order valence-corrected chi connectivity index (χ0v) is 11.2. The molecule has 0 heterocycles. The molecule has 2 nitrogen and oxygen atoms in total. The molecule has 4 heteroatoms. The number of nitrogens with zero attached hydrogens (tertiary/aromatic N) is 1. The number of carbonyl (C=O) groups is 1. The van der Waals surface area contributed by atoms with Gasteiger partial charge in [0.1, 0.15) is 5.82 Å². The molecule has 1 aromatic carbocycles. The quantitative estimate of drug-likeness (QED) is 0.708. The van der Waals surface area contributed by atoms with Crippen LogP contribution in [0.1, 0.15) is 24.2 Å². The second kappa shape index (κ2) is 10.6. The summed E-state index contributed by atoms with van der Waals surface area (Å²) in [7, 11) is 6.00. The van der Waals surface area contributed by atoms with Crippen LogP contribution in [0.4, 0.5) is 4.39 Å². The first-order valence-corrected chi connectivity index (χ1v) is 5.36. The first kappa shape index (κ1) is 17.5. The van der Waals surface area contributed by atoms with Gasteiger partial charge in [-0.1, -0.05) is 25.4 Å². The highest BCUT2D eigenvalue weighted by Gasteiger charge is 1.98. The summed E-state index contributed by atoms with van der Waals surface area (Å²) in [5.41, 5.74) is 0.308. The van der Waals surface area contributed by atoms with Crippen molar-refractivity contribution in [1.82, 2.24) is 4.90 Å². The topological polar surface area (TPSA) is 20.3 Å². The van der Waals surface area contributed by atoms with Crippen LogP contribution in [0.2, 0.25) is 5.02 Å². The van der Waals surface area contributed by atoms with Crippen LogP contribution in [0.15, 0.2) is 18.2 Å². The Balaban J connectivity index is 0. The maximum absolute atomic E-state index is 12.3. The van der Waals surface area contributed by atoms with Crippen LogP contribution in [0, 0.1) is 5.82 Å². The van der Waals surface area contributed by atoms with Crippen molar-refractivity contribution in [1.29, 1.82) is 0 Å². The Kier molecular flexibility index (Phi) is 11.6. The molecule has 0 saturated carbocycles. The van der Waals surface area contributed by atoms with Crippen molar-refractivity contribution in [3.63, 3.8) is 0 Å². The summed E-state index contributed by atoms with van der Waals surface area (Å²) in [4.78, 5) is 12.1. The summed E-state index contributed by atoms with van der Waals surface area (Å²) < 4.78 is 12.3. The summed E-state index contributed by atoms with van der Waals surface area (Å²) in [6.45, 7) is 4.00. The van der Waals surface area contributed by atoms with Gasteiger partial charge in [0.2, 0.25) is 0 Å². The van der Waals surface area contributed by atoms with E-state index in [1.165, 1.54) is 12.1 Å². The van der Waals surface area contributed by atoms with E-state index in [4.69, 9.17) is 11.6 Å². The first-order chi connectivity index (χ1) is 7.47. The normalized spacial score (nSPS) is 8.50. The van der Waals surface area contributed by atoms with Gasteiger partial charge in [-0.25, -0.2) is 4.39 Å². The Labute approximate surface area is 102 Å². The fourth-order valence-electron chi connectivity index (χ4n) is 0.597. The Morgan fingerprint density at radius 1 is 1.25 bits per heavy atom. The molecule has 0 unspecified atom stereocenters. The predicted octanol–water partition coefficient (Wildman–Crippen LogP) is 3.50. The number of aldehydes is 1. The standard InChI is InChI=1S/C7H4ClFO.C3H9N.C2H6/c8-7-3-6(9)2-1-5(7)4-10;1-4(2)3;1-2/h1-4H;1-3H3;1-2H3. The molecule has 1 aromatic rings. The first-order valence-electron chi connectivity index (χ1n) is 4.98. The van der Waals surface area contributed by atoms with Gasteiger partial charge in [0.25, 0.3) is 0 Å². The Hall–Kier alpha value is -0.930. The molecule has 0 aliphatic carbocycles. The van der Waals surface area contributed by atoms with Crippen molar-refractivity contribution in [3.8, 4) is 0 Å². The van der Waals surface area contributed by atoms with Crippen molar-refractivity contribution >= 4 is 17.9 Å². The number of halogens is 2. The molecule has 0 spiro atoms. The maximum atomic E-state index is 12.3. The molecule has 0 aliphatic heterocycles. The van der Waals surface area contributed by atoms with Gasteiger partial charge in [-0.15, -0.1) is 0 Å². The number of hydrogen-bond acceptors (Lipinski definition) is 2. The lowest BCUT2D eigenvalue weighted by molar-refractivity contribution is 0.112. The number of carbonyl (C=O) groups excluding carboxylic acids is 1. The average Bonchev–Trinajstić information content (AvgIpc) is 2.20. The molecule has 0 radical (unpaired) electrons. The van der Waals surface area contributed by atoms with E-state index in [1.807, 2.05) is 39.9 Å². The van der Waals surface area contributed by atoms with Crippen LogP contribution in [0.25, 0.3) is 0 Å². The Morgan fingerprint density at radius 2 is 1.69 bits per heavy atom. The summed E-state index contributed by atoms with van der Waals surface area (Å²) in [6.07, 6.45) is 0.585. The summed E-state index contributed by atoms with van der Waals surface area (Å²) in [5.74, 6) is -0.435. The molecule has 0 aliphatic rings. The zero-order valence-electron chi connectivity index (χ0n) is 10.4. The molecule has 0 N–H and O–H groups in total. The highest BCUT2D eigenvalue weighted by molar-refractivity contribution is 6.32. The van der Waals surface area contributed by atoms with Gasteiger partial charge >= 0.3 is 0 Å². The number of hydrogen-bond donors (Lipinski definition) is 0. The summed E-state index contributed by atoms with van der Waals surface area (Å²) in [6, 6.07) is 3.63. The highest BCUT2D eigenvalue weighted by atomic mass is 35.5. The van der Waals surface area contributed by atoms with Crippen LogP contribution in [0.5, 0.6) is 0 Å². The van der Waals surface area contributed by atoms with Gasteiger partial charge in [0.05, 0.1) is 5.02 Å². The minimum Gasteiger partial charge on any atom is -0.312 e. The highest BCUT2D eigenvalue weighted by Crippen LogP contribution is 2.14. The lowest BCUT2D eigenvalue weighted by atomic mass is 10.2. The monoisotopic (exact) mass is 247 g/mol. The smallest absolute Gasteiger partial charge is 0.151 e. The Morgan fingerprint density at radius 3 is 2.00 bits per heavy atom. The van der Waals surface area contributed by atoms with Crippen LogP contribution in [-0.4, -0.2) is 32.3 Å². The van der Waals surface area contributed by atoms with E-state index in [2.05, 4.69) is 0 Å². The van der Waals surface area contributed by atoms with Crippen LogP contribution >= 0.6 is 11.6 Å². The predicted molar refractivity (Wildman–Crippen MR) is 67.8 cm³/mol. The van der Waals surface area contributed by atoms with Crippen molar-refractivity contribution in [2.24, 2.45) is 0 Å². The average molecular weight is 248 g/mol. The third-order valence-corrected chi connectivity index (χ3v) is 1.42. The lowest BCUT2D eigenvalue weighted by Crippen LogP contribution is -1.99. The molecule has 0 atom stereocenters. The maximum Gasteiger partial charge on any atom is 0.151 e. The molecular weight excluding hydrogens is 229 g/mol. The molecular formula is C12H19ClFNO. The van der Waals surface area contributed by atoms with Gasteiger partial charge in [0.15, 0.2) is 6.29 Å². The van der Waals surface area contributed by atoms with Crippen molar-refractivity contribution < 1.29 is 9.18 Å². The Bertz CT molecular complexity index is 300. The second-order valence-corrected chi connectivity index (χ2v) is 3.53. The molecule has 0 saturated heterocycles. The number of rotatable bonds is 1. The molecule has 16 heavy (non-hydrogen) atoms. The van der Waals surface area contributed by atoms with Gasteiger partial charge in [-0.05, 0) is 39.3 Å². The van der Waals surface area contributed by atoms with E-state index in [0.29, 0.717) is 11.8 Å².